The standard InChI is InChI=1S/C18H42N4/c1-4-7-10-13-16(19)22(17(20)14-11-8-5-2)18(21)15-12-9-6-3/h16-18H,4-15,19-21H2,1-3H3. The van der Waals surface area contributed by atoms with Gasteiger partial charge in [0.05, 0.1) is 18.5 Å². The maximum Gasteiger partial charge on any atom is 0.0600 e. The van der Waals surface area contributed by atoms with Crippen molar-refractivity contribution < 1.29 is 0 Å². The number of hydrogen-bond acceptors (Lipinski definition) is 4. The minimum Gasteiger partial charge on any atom is -0.316 e. The molecule has 0 aromatic carbocycles. The van der Waals surface area contributed by atoms with E-state index in [9.17, 15) is 0 Å². The average molecular weight is 315 g/mol. The lowest BCUT2D eigenvalue weighted by Crippen LogP contribution is -2.59. The lowest BCUT2D eigenvalue weighted by molar-refractivity contribution is 0.0658. The molecule has 0 amide bonds. The summed E-state index contributed by atoms with van der Waals surface area (Å²) in [6.07, 6.45) is 13.8. The first kappa shape index (κ1) is 21.8. The van der Waals surface area contributed by atoms with Crippen molar-refractivity contribution in [3.05, 3.63) is 0 Å². The Balaban J connectivity index is 4.50. The van der Waals surface area contributed by atoms with Crippen molar-refractivity contribution in [3.8, 4) is 0 Å². The zero-order valence-electron chi connectivity index (χ0n) is 15.4. The van der Waals surface area contributed by atoms with Crippen LogP contribution in [0.4, 0.5) is 0 Å². The first-order valence-electron chi connectivity index (χ1n) is 9.62. The lowest BCUT2D eigenvalue weighted by Gasteiger charge is -2.39. The number of rotatable bonds is 15. The molecule has 0 fully saturated rings. The van der Waals surface area contributed by atoms with Gasteiger partial charge in [-0.1, -0.05) is 78.6 Å². The van der Waals surface area contributed by atoms with Crippen molar-refractivity contribution in [2.75, 3.05) is 0 Å². The second kappa shape index (κ2) is 14.4. The highest BCUT2D eigenvalue weighted by atomic mass is 15.3. The summed E-state index contributed by atoms with van der Waals surface area (Å²) in [5.74, 6) is 0. The monoisotopic (exact) mass is 314 g/mol. The normalized spacial score (nSPS) is 16.0. The molecule has 0 aliphatic carbocycles. The van der Waals surface area contributed by atoms with Crippen molar-refractivity contribution >= 4 is 0 Å². The van der Waals surface area contributed by atoms with E-state index in [1.54, 1.807) is 0 Å². The molecule has 0 radical (unpaired) electrons. The minimum atomic E-state index is -0.000182. The highest BCUT2D eigenvalue weighted by Crippen LogP contribution is 2.16. The van der Waals surface area contributed by atoms with Crippen LogP contribution < -0.4 is 17.2 Å². The Morgan fingerprint density at radius 3 is 1.05 bits per heavy atom. The predicted molar refractivity (Wildman–Crippen MR) is 98.2 cm³/mol. The predicted octanol–water partition coefficient (Wildman–Crippen LogP) is 3.88. The van der Waals surface area contributed by atoms with E-state index in [4.69, 9.17) is 17.2 Å². The fourth-order valence-corrected chi connectivity index (χ4v) is 3.00. The summed E-state index contributed by atoms with van der Waals surface area (Å²) in [6, 6.07) is 0. The van der Waals surface area contributed by atoms with Gasteiger partial charge in [0.15, 0.2) is 0 Å². The molecule has 0 bridgehead atoms. The second-order valence-electron chi connectivity index (χ2n) is 6.64. The lowest BCUT2D eigenvalue weighted by atomic mass is 10.1. The van der Waals surface area contributed by atoms with Crippen molar-refractivity contribution in [2.45, 2.75) is 116 Å². The molecular formula is C18H42N4. The molecule has 0 aliphatic heterocycles. The first-order valence-corrected chi connectivity index (χ1v) is 9.62. The van der Waals surface area contributed by atoms with Gasteiger partial charge in [-0.3, -0.25) is 4.90 Å². The van der Waals surface area contributed by atoms with E-state index in [-0.39, 0.29) is 18.5 Å². The number of nitrogens with zero attached hydrogens (tertiary/aromatic N) is 1. The van der Waals surface area contributed by atoms with E-state index >= 15 is 0 Å². The summed E-state index contributed by atoms with van der Waals surface area (Å²) in [4.78, 5) is 2.20. The summed E-state index contributed by atoms with van der Waals surface area (Å²) >= 11 is 0. The van der Waals surface area contributed by atoms with E-state index in [0.29, 0.717) is 0 Å². The van der Waals surface area contributed by atoms with Gasteiger partial charge in [-0.15, -0.1) is 0 Å². The molecule has 3 unspecified atom stereocenters. The number of unbranched alkanes of at least 4 members (excludes halogenated alkanes) is 6. The van der Waals surface area contributed by atoms with E-state index < -0.39 is 0 Å². The highest BCUT2D eigenvalue weighted by molar-refractivity contribution is 4.77. The third-order valence-corrected chi connectivity index (χ3v) is 4.46. The van der Waals surface area contributed by atoms with Gasteiger partial charge in [-0.05, 0) is 19.3 Å². The molecule has 3 atom stereocenters. The van der Waals surface area contributed by atoms with Crippen molar-refractivity contribution in [3.63, 3.8) is 0 Å². The Bertz CT molecular complexity index is 197. The summed E-state index contributed by atoms with van der Waals surface area (Å²) in [5.41, 5.74) is 19.3. The van der Waals surface area contributed by atoms with Gasteiger partial charge in [-0.25, -0.2) is 0 Å². The molecule has 0 heterocycles. The van der Waals surface area contributed by atoms with Gasteiger partial charge in [0.2, 0.25) is 0 Å². The molecule has 0 saturated carbocycles. The Labute approximate surface area is 139 Å². The van der Waals surface area contributed by atoms with Crippen LogP contribution in [0.5, 0.6) is 0 Å². The van der Waals surface area contributed by atoms with E-state index in [0.717, 1.165) is 38.5 Å². The molecular weight excluding hydrogens is 272 g/mol. The Morgan fingerprint density at radius 2 is 0.818 bits per heavy atom. The van der Waals surface area contributed by atoms with Gasteiger partial charge in [0, 0.05) is 0 Å². The summed E-state index contributed by atoms with van der Waals surface area (Å²) in [5, 5.41) is 0. The fraction of sp³-hybridized carbons (Fsp3) is 1.00. The van der Waals surface area contributed by atoms with Crippen LogP contribution in [0, 0.1) is 0 Å². The number of hydrogen-bond donors (Lipinski definition) is 3. The van der Waals surface area contributed by atoms with Gasteiger partial charge >= 0.3 is 0 Å². The third-order valence-electron chi connectivity index (χ3n) is 4.46. The summed E-state index contributed by atoms with van der Waals surface area (Å²) in [7, 11) is 0. The molecule has 4 heteroatoms. The highest BCUT2D eigenvalue weighted by Gasteiger charge is 2.25. The average Bonchev–Trinajstić information content (AvgIpc) is 2.48. The molecule has 0 saturated heterocycles. The third kappa shape index (κ3) is 9.78. The molecule has 0 aromatic rings. The molecule has 134 valence electrons. The summed E-state index contributed by atoms with van der Waals surface area (Å²) < 4.78 is 0. The molecule has 0 rings (SSSR count). The first-order chi connectivity index (χ1) is 10.6. The van der Waals surface area contributed by atoms with E-state index in [1.165, 1.54) is 38.5 Å². The van der Waals surface area contributed by atoms with Crippen LogP contribution in [0.2, 0.25) is 0 Å². The van der Waals surface area contributed by atoms with Gasteiger partial charge in [0.25, 0.3) is 0 Å². The second-order valence-corrected chi connectivity index (χ2v) is 6.64. The van der Waals surface area contributed by atoms with Crippen LogP contribution in [-0.2, 0) is 0 Å². The van der Waals surface area contributed by atoms with E-state index in [1.807, 2.05) is 0 Å². The molecule has 22 heavy (non-hydrogen) atoms. The van der Waals surface area contributed by atoms with Crippen molar-refractivity contribution in [1.29, 1.82) is 0 Å². The Morgan fingerprint density at radius 1 is 0.545 bits per heavy atom. The van der Waals surface area contributed by atoms with Crippen molar-refractivity contribution in [2.24, 2.45) is 17.2 Å². The smallest absolute Gasteiger partial charge is 0.0600 e. The molecule has 0 aromatic heterocycles. The van der Waals surface area contributed by atoms with Crippen LogP contribution in [0.25, 0.3) is 0 Å². The maximum absolute atomic E-state index is 6.43. The van der Waals surface area contributed by atoms with Gasteiger partial charge in [0.1, 0.15) is 0 Å². The van der Waals surface area contributed by atoms with Crippen LogP contribution in [0.3, 0.4) is 0 Å². The van der Waals surface area contributed by atoms with Crippen LogP contribution >= 0.6 is 0 Å². The largest absolute Gasteiger partial charge is 0.316 e. The molecule has 4 nitrogen and oxygen atoms in total. The molecule has 0 spiro atoms. The van der Waals surface area contributed by atoms with Crippen LogP contribution in [0.15, 0.2) is 0 Å². The SMILES string of the molecule is CCCCCC(N)N(C(N)CCCCC)C(N)CCCCC. The van der Waals surface area contributed by atoms with Crippen molar-refractivity contribution in [1.82, 2.24) is 4.90 Å². The van der Waals surface area contributed by atoms with Crippen LogP contribution in [0.1, 0.15) is 97.8 Å². The number of nitrogens with two attached hydrogens (primary N) is 3. The van der Waals surface area contributed by atoms with Gasteiger partial charge < -0.3 is 17.2 Å². The Kier molecular flexibility index (Phi) is 14.3. The minimum absolute atomic E-state index is 0.000182. The van der Waals surface area contributed by atoms with E-state index in [2.05, 4.69) is 25.7 Å². The molecule has 0 aliphatic rings. The quantitative estimate of drug-likeness (QED) is 0.316. The van der Waals surface area contributed by atoms with Crippen LogP contribution in [-0.4, -0.2) is 23.4 Å². The Hall–Kier alpha value is -0.160. The zero-order valence-corrected chi connectivity index (χ0v) is 15.4. The fourth-order valence-electron chi connectivity index (χ4n) is 3.00. The summed E-state index contributed by atoms with van der Waals surface area (Å²) in [6.45, 7) is 6.66. The topological polar surface area (TPSA) is 81.3 Å². The van der Waals surface area contributed by atoms with Gasteiger partial charge in [-0.2, -0.15) is 0 Å². The maximum atomic E-state index is 6.43. The zero-order chi connectivity index (χ0) is 16.8. The molecule has 6 N–H and O–H groups in total.